The van der Waals surface area contributed by atoms with E-state index in [1.807, 2.05) is 0 Å². The number of halogens is 2. The van der Waals surface area contributed by atoms with E-state index in [4.69, 9.17) is 14.6 Å². The SMILES string of the molecule is O=C([C@@H](O)CS(=O)(=O)CCO)N1CC=C(c2c(F)cc(N3C[C@H](COc4ccon4)OC3=O)cc2F)CC1. The van der Waals surface area contributed by atoms with Gasteiger partial charge in [0.1, 0.15) is 30.6 Å². The summed E-state index contributed by atoms with van der Waals surface area (Å²) in [6, 6.07) is 3.49. The summed E-state index contributed by atoms with van der Waals surface area (Å²) in [5.74, 6) is -3.90. The molecule has 2 aliphatic rings. The summed E-state index contributed by atoms with van der Waals surface area (Å²) in [7, 11) is -3.82. The number of cyclic esters (lactones) is 1. The second kappa shape index (κ2) is 11.4. The Balaban J connectivity index is 1.40. The maximum absolute atomic E-state index is 15.0. The summed E-state index contributed by atoms with van der Waals surface area (Å²) < 4.78 is 68.7. The van der Waals surface area contributed by atoms with E-state index in [1.54, 1.807) is 0 Å². The molecule has 0 unspecified atom stereocenters. The number of aliphatic hydroxyl groups excluding tert-OH is 2. The molecule has 0 saturated carbocycles. The molecule has 2 aliphatic heterocycles. The molecule has 206 valence electrons. The lowest BCUT2D eigenvalue weighted by molar-refractivity contribution is -0.138. The second-order valence-electron chi connectivity index (χ2n) is 8.67. The number of aliphatic hydroxyl groups is 2. The van der Waals surface area contributed by atoms with Crippen molar-refractivity contribution in [1.29, 1.82) is 0 Å². The third-order valence-corrected chi connectivity index (χ3v) is 7.61. The Morgan fingerprint density at radius 2 is 2.03 bits per heavy atom. The van der Waals surface area contributed by atoms with Crippen LogP contribution in [0.2, 0.25) is 0 Å². The molecule has 12 nitrogen and oxygen atoms in total. The Kier molecular flexibility index (Phi) is 8.28. The first kappa shape index (κ1) is 27.5. The number of anilines is 1. The lowest BCUT2D eigenvalue weighted by atomic mass is 9.97. The molecule has 2 aromatic rings. The van der Waals surface area contributed by atoms with Crippen molar-refractivity contribution in [2.75, 3.05) is 49.3 Å². The summed E-state index contributed by atoms with van der Waals surface area (Å²) in [4.78, 5) is 27.0. The van der Waals surface area contributed by atoms with Gasteiger partial charge in [0.15, 0.2) is 15.9 Å². The van der Waals surface area contributed by atoms with E-state index in [1.165, 1.54) is 23.3 Å². The van der Waals surface area contributed by atoms with E-state index in [9.17, 15) is 23.1 Å². The van der Waals surface area contributed by atoms with E-state index < -0.39 is 63.8 Å². The predicted molar refractivity (Wildman–Crippen MR) is 127 cm³/mol. The normalized spacial score (nSPS) is 18.8. The molecule has 1 aromatic carbocycles. The second-order valence-corrected chi connectivity index (χ2v) is 10.9. The van der Waals surface area contributed by atoms with Gasteiger partial charge in [-0.05, 0) is 29.3 Å². The summed E-state index contributed by atoms with van der Waals surface area (Å²) in [5.41, 5.74) is -0.0793. The number of amides is 2. The van der Waals surface area contributed by atoms with Crippen LogP contribution >= 0.6 is 0 Å². The Morgan fingerprint density at radius 3 is 2.63 bits per heavy atom. The maximum Gasteiger partial charge on any atom is 0.414 e. The number of benzene rings is 1. The average Bonchev–Trinajstić information content (AvgIpc) is 3.51. The van der Waals surface area contributed by atoms with Crippen LogP contribution in [0.5, 0.6) is 5.88 Å². The quantitative estimate of drug-likeness (QED) is 0.427. The standard InChI is InChI=1S/C23H25F2N3O9S/c24-17-9-15(28-11-16(37-23(28)32)12-35-20-3-7-36-26-20)10-18(25)21(17)14-1-4-27(5-2-14)22(31)19(30)13-38(33,34)8-6-29/h1,3,7,9-10,16,19,29-30H,2,4-6,8,11-13H2/t16-,19+/m1/s1. The zero-order chi connectivity index (χ0) is 27.4. The summed E-state index contributed by atoms with van der Waals surface area (Å²) in [6.07, 6.45) is -0.552. The predicted octanol–water partition coefficient (Wildman–Crippen LogP) is 0.741. The Labute approximate surface area is 215 Å². The van der Waals surface area contributed by atoms with Gasteiger partial charge in [-0.15, -0.1) is 0 Å². The Morgan fingerprint density at radius 1 is 1.29 bits per heavy atom. The van der Waals surface area contributed by atoms with Crippen LogP contribution in [0.3, 0.4) is 0 Å². The third kappa shape index (κ3) is 6.28. The van der Waals surface area contributed by atoms with E-state index in [-0.39, 0.29) is 55.4 Å². The highest BCUT2D eigenvalue weighted by Crippen LogP contribution is 2.32. The van der Waals surface area contributed by atoms with Gasteiger partial charge in [0.25, 0.3) is 11.8 Å². The van der Waals surface area contributed by atoms with Gasteiger partial charge in [0, 0.05) is 24.7 Å². The first-order chi connectivity index (χ1) is 18.1. The van der Waals surface area contributed by atoms with Crippen molar-refractivity contribution in [3.05, 3.63) is 47.7 Å². The highest BCUT2D eigenvalue weighted by Gasteiger charge is 2.35. The highest BCUT2D eigenvalue weighted by atomic mass is 32.2. The molecule has 3 heterocycles. The van der Waals surface area contributed by atoms with Crippen molar-refractivity contribution >= 4 is 33.1 Å². The molecule has 0 bridgehead atoms. The van der Waals surface area contributed by atoms with E-state index >= 15 is 8.78 Å². The van der Waals surface area contributed by atoms with Gasteiger partial charge in [0.05, 0.1) is 30.3 Å². The molecule has 2 N–H and O–H groups in total. The van der Waals surface area contributed by atoms with Gasteiger partial charge in [0.2, 0.25) is 0 Å². The van der Waals surface area contributed by atoms with Crippen molar-refractivity contribution in [2.45, 2.75) is 18.6 Å². The average molecular weight is 558 g/mol. The van der Waals surface area contributed by atoms with Gasteiger partial charge in [-0.3, -0.25) is 9.69 Å². The van der Waals surface area contributed by atoms with Gasteiger partial charge >= 0.3 is 6.09 Å². The largest absolute Gasteiger partial charge is 0.471 e. The Bertz CT molecular complexity index is 1290. The molecule has 1 saturated heterocycles. The lowest BCUT2D eigenvalue weighted by Gasteiger charge is -2.29. The number of hydrogen-bond acceptors (Lipinski definition) is 10. The molecule has 0 spiro atoms. The molecular weight excluding hydrogens is 532 g/mol. The van der Waals surface area contributed by atoms with Gasteiger partial charge in [-0.1, -0.05) is 6.08 Å². The smallest absolute Gasteiger partial charge is 0.414 e. The van der Waals surface area contributed by atoms with Gasteiger partial charge in [-0.2, -0.15) is 0 Å². The minimum atomic E-state index is -3.82. The summed E-state index contributed by atoms with van der Waals surface area (Å²) in [5, 5.41) is 22.4. The van der Waals surface area contributed by atoms with E-state index in [0.717, 1.165) is 17.0 Å². The fraction of sp³-hybridized carbons (Fsp3) is 0.435. The van der Waals surface area contributed by atoms with Crippen molar-refractivity contribution in [3.8, 4) is 5.88 Å². The monoisotopic (exact) mass is 557 g/mol. The molecule has 15 heteroatoms. The highest BCUT2D eigenvalue weighted by molar-refractivity contribution is 7.91. The van der Waals surface area contributed by atoms with Crippen molar-refractivity contribution in [1.82, 2.24) is 10.1 Å². The van der Waals surface area contributed by atoms with E-state index in [0.29, 0.717) is 0 Å². The zero-order valence-corrected chi connectivity index (χ0v) is 20.8. The molecule has 0 aliphatic carbocycles. The number of rotatable bonds is 10. The molecule has 4 rings (SSSR count). The molecule has 1 fully saturated rings. The summed E-state index contributed by atoms with van der Waals surface area (Å²) in [6.45, 7) is -0.786. The van der Waals surface area contributed by atoms with Gasteiger partial charge < -0.3 is 29.1 Å². The maximum atomic E-state index is 15.0. The molecule has 2 amide bonds. The number of sulfone groups is 1. The number of carbonyl (C=O) groups excluding carboxylic acids is 2. The molecule has 0 radical (unpaired) electrons. The fourth-order valence-electron chi connectivity index (χ4n) is 4.14. The number of aromatic nitrogens is 1. The molecule has 2 atom stereocenters. The number of ether oxygens (including phenoxy) is 2. The summed E-state index contributed by atoms with van der Waals surface area (Å²) >= 11 is 0. The minimum Gasteiger partial charge on any atom is -0.471 e. The van der Waals surface area contributed by atoms with Crippen LogP contribution in [0.15, 0.2) is 35.1 Å². The number of hydrogen-bond donors (Lipinski definition) is 2. The van der Waals surface area contributed by atoms with Gasteiger partial charge in [-0.25, -0.2) is 22.0 Å². The first-order valence-electron chi connectivity index (χ1n) is 11.6. The van der Waals surface area contributed by atoms with Crippen LogP contribution in [0.25, 0.3) is 5.57 Å². The molecular formula is C23H25F2N3O9S. The first-order valence-corrected chi connectivity index (χ1v) is 13.4. The number of nitrogens with zero attached hydrogens (tertiary/aromatic N) is 3. The minimum absolute atomic E-state index is 0.00590. The van der Waals surface area contributed by atoms with Crippen LogP contribution in [0.1, 0.15) is 12.0 Å². The molecule has 1 aromatic heterocycles. The van der Waals surface area contributed by atoms with Crippen molar-refractivity contribution in [2.24, 2.45) is 0 Å². The van der Waals surface area contributed by atoms with Crippen LogP contribution < -0.4 is 9.64 Å². The molecule has 38 heavy (non-hydrogen) atoms. The van der Waals surface area contributed by atoms with E-state index in [2.05, 4.69) is 9.68 Å². The van der Waals surface area contributed by atoms with Crippen LogP contribution in [-0.2, 0) is 19.4 Å². The lowest BCUT2D eigenvalue weighted by Crippen LogP contribution is -2.44. The van der Waals surface area contributed by atoms with Crippen LogP contribution in [-0.4, -0.2) is 97.2 Å². The zero-order valence-electron chi connectivity index (χ0n) is 20.0. The fourth-order valence-corrected chi connectivity index (χ4v) is 5.21. The van der Waals surface area contributed by atoms with Crippen LogP contribution in [0, 0.1) is 11.6 Å². The third-order valence-electron chi connectivity index (χ3n) is 5.98. The number of carbonyl (C=O) groups is 2. The Hall–Kier alpha value is -3.56. The van der Waals surface area contributed by atoms with Crippen LogP contribution in [0.4, 0.5) is 19.3 Å². The van der Waals surface area contributed by atoms with Crippen molar-refractivity contribution in [3.63, 3.8) is 0 Å². The van der Waals surface area contributed by atoms with Crippen molar-refractivity contribution < 1.29 is 51.0 Å². The topological polar surface area (TPSA) is 160 Å².